The number of amidine groups is 1. The number of aliphatic imine (C=N–C) groups is 1. The van der Waals surface area contributed by atoms with E-state index in [1.54, 1.807) is 17.5 Å². The SMILES string of the molecule is OC1N=C(Cc2ccccc2)Nc2c1ccnc2-c1csc(NCC2CCNCC2)n1. The van der Waals surface area contributed by atoms with Crippen LogP contribution in [0.1, 0.15) is 30.2 Å². The summed E-state index contributed by atoms with van der Waals surface area (Å²) in [5.41, 5.74) is 4.18. The molecule has 1 unspecified atom stereocenters. The zero-order valence-electron chi connectivity index (χ0n) is 17.2. The van der Waals surface area contributed by atoms with Gasteiger partial charge in [0, 0.05) is 30.1 Å². The Hall–Kier alpha value is -2.81. The lowest BCUT2D eigenvalue weighted by Gasteiger charge is -2.23. The molecule has 4 heterocycles. The third-order valence-electron chi connectivity index (χ3n) is 5.77. The minimum atomic E-state index is -0.909. The topological polar surface area (TPSA) is 94.5 Å². The van der Waals surface area contributed by atoms with Crippen molar-refractivity contribution in [3.05, 3.63) is 59.1 Å². The average molecular weight is 435 g/mol. The Morgan fingerprint density at radius 3 is 2.81 bits per heavy atom. The number of aromatic nitrogens is 2. The van der Waals surface area contributed by atoms with Gasteiger partial charge in [0.15, 0.2) is 11.4 Å². The van der Waals surface area contributed by atoms with Crippen molar-refractivity contribution in [2.24, 2.45) is 10.9 Å². The lowest BCUT2D eigenvalue weighted by atomic mass is 9.98. The number of piperidine rings is 1. The van der Waals surface area contributed by atoms with Crippen LogP contribution in [0.15, 0.2) is 53.0 Å². The third kappa shape index (κ3) is 4.61. The molecule has 4 N–H and O–H groups in total. The zero-order valence-corrected chi connectivity index (χ0v) is 18.0. The van der Waals surface area contributed by atoms with E-state index >= 15 is 0 Å². The maximum absolute atomic E-state index is 10.6. The summed E-state index contributed by atoms with van der Waals surface area (Å²) in [5.74, 6) is 1.41. The van der Waals surface area contributed by atoms with Crippen LogP contribution in [-0.2, 0) is 6.42 Å². The molecule has 160 valence electrons. The number of thiazole rings is 1. The van der Waals surface area contributed by atoms with Gasteiger partial charge >= 0.3 is 0 Å². The Morgan fingerprint density at radius 1 is 1.13 bits per heavy atom. The molecule has 1 atom stereocenters. The minimum Gasteiger partial charge on any atom is -0.368 e. The predicted molar refractivity (Wildman–Crippen MR) is 126 cm³/mol. The Morgan fingerprint density at radius 2 is 1.97 bits per heavy atom. The smallest absolute Gasteiger partial charge is 0.183 e. The lowest BCUT2D eigenvalue weighted by Crippen LogP contribution is -2.31. The molecule has 0 aliphatic carbocycles. The zero-order chi connectivity index (χ0) is 21.0. The Kier molecular flexibility index (Phi) is 5.93. The van der Waals surface area contributed by atoms with Gasteiger partial charge in [0.25, 0.3) is 0 Å². The quantitative estimate of drug-likeness (QED) is 0.473. The van der Waals surface area contributed by atoms with Crippen molar-refractivity contribution in [2.75, 3.05) is 30.3 Å². The van der Waals surface area contributed by atoms with Gasteiger partial charge in [-0.05, 0) is 43.5 Å². The van der Waals surface area contributed by atoms with E-state index in [9.17, 15) is 5.11 Å². The van der Waals surface area contributed by atoms with Crippen LogP contribution in [0.3, 0.4) is 0 Å². The molecule has 3 aromatic rings. The highest BCUT2D eigenvalue weighted by Crippen LogP contribution is 2.36. The maximum atomic E-state index is 10.6. The fourth-order valence-electron chi connectivity index (χ4n) is 4.07. The first kappa shape index (κ1) is 20.1. The molecule has 2 aliphatic rings. The molecule has 0 saturated carbocycles. The summed E-state index contributed by atoms with van der Waals surface area (Å²) in [6, 6.07) is 11.9. The highest BCUT2D eigenvalue weighted by atomic mass is 32.1. The van der Waals surface area contributed by atoms with Gasteiger partial charge in [0.05, 0.1) is 5.69 Å². The number of anilines is 2. The van der Waals surface area contributed by atoms with E-state index in [4.69, 9.17) is 4.98 Å². The molecule has 1 fully saturated rings. The van der Waals surface area contributed by atoms with E-state index in [1.165, 1.54) is 12.8 Å². The number of hydrogen-bond acceptors (Lipinski definition) is 8. The standard InChI is InChI=1S/C23H26N6OS/c30-22-17-8-11-25-21(20(17)28-19(29-22)12-15-4-2-1-3-5-15)18-14-31-23(27-18)26-13-16-6-9-24-10-7-16/h1-5,8,11,14,16,22,24,30H,6-7,9-10,12-13H2,(H,26,27)(H,28,29). The number of aliphatic hydroxyl groups is 1. The van der Waals surface area contributed by atoms with E-state index in [1.807, 2.05) is 29.6 Å². The van der Waals surface area contributed by atoms with Crippen LogP contribution < -0.4 is 16.0 Å². The van der Waals surface area contributed by atoms with Gasteiger partial charge in [-0.2, -0.15) is 0 Å². The van der Waals surface area contributed by atoms with Crippen LogP contribution >= 0.6 is 11.3 Å². The van der Waals surface area contributed by atoms with Gasteiger partial charge in [-0.1, -0.05) is 30.3 Å². The largest absolute Gasteiger partial charge is 0.368 e. The second-order valence-corrected chi connectivity index (χ2v) is 8.83. The van der Waals surface area contributed by atoms with Crippen LogP contribution in [0, 0.1) is 5.92 Å². The van der Waals surface area contributed by atoms with Crippen molar-refractivity contribution < 1.29 is 5.11 Å². The Labute approximate surface area is 185 Å². The first-order valence-electron chi connectivity index (χ1n) is 10.7. The lowest BCUT2D eigenvalue weighted by molar-refractivity contribution is 0.188. The molecule has 0 amide bonds. The van der Waals surface area contributed by atoms with Crippen LogP contribution in [0.25, 0.3) is 11.4 Å². The highest BCUT2D eigenvalue weighted by Gasteiger charge is 2.24. The average Bonchev–Trinajstić information content (AvgIpc) is 3.28. The molecule has 1 aromatic carbocycles. The summed E-state index contributed by atoms with van der Waals surface area (Å²) < 4.78 is 0. The summed E-state index contributed by atoms with van der Waals surface area (Å²) in [6.07, 6.45) is 3.81. The summed E-state index contributed by atoms with van der Waals surface area (Å²) in [6.45, 7) is 3.13. The fraction of sp³-hybridized carbons (Fsp3) is 0.348. The van der Waals surface area contributed by atoms with Crippen molar-refractivity contribution in [3.63, 3.8) is 0 Å². The van der Waals surface area contributed by atoms with Gasteiger partial charge < -0.3 is 21.1 Å². The van der Waals surface area contributed by atoms with Crippen molar-refractivity contribution >= 4 is 28.0 Å². The Balaban J connectivity index is 1.34. The highest BCUT2D eigenvalue weighted by molar-refractivity contribution is 7.14. The van der Waals surface area contributed by atoms with Crippen molar-refractivity contribution in [1.82, 2.24) is 15.3 Å². The molecule has 0 bridgehead atoms. The van der Waals surface area contributed by atoms with E-state index in [2.05, 4.69) is 38.1 Å². The van der Waals surface area contributed by atoms with Crippen LogP contribution in [-0.4, -0.2) is 40.5 Å². The number of rotatable bonds is 6. The van der Waals surface area contributed by atoms with E-state index in [-0.39, 0.29) is 0 Å². The van der Waals surface area contributed by atoms with Crippen molar-refractivity contribution in [3.8, 4) is 11.4 Å². The molecule has 7 nitrogen and oxygen atoms in total. The van der Waals surface area contributed by atoms with Crippen LogP contribution in [0.2, 0.25) is 0 Å². The number of aliphatic hydroxyl groups excluding tert-OH is 1. The molecule has 0 spiro atoms. The van der Waals surface area contributed by atoms with Crippen LogP contribution in [0.5, 0.6) is 0 Å². The summed E-state index contributed by atoms with van der Waals surface area (Å²) >= 11 is 1.59. The predicted octanol–water partition coefficient (Wildman–Crippen LogP) is 3.67. The molecule has 5 rings (SSSR count). The number of fused-ring (bicyclic) bond motifs is 1. The van der Waals surface area contributed by atoms with Gasteiger partial charge in [0.2, 0.25) is 0 Å². The normalized spacial score (nSPS) is 18.7. The molecule has 2 aromatic heterocycles. The summed E-state index contributed by atoms with van der Waals surface area (Å²) in [5, 5.41) is 23.8. The maximum Gasteiger partial charge on any atom is 0.183 e. The molecule has 2 aliphatic heterocycles. The summed E-state index contributed by atoms with van der Waals surface area (Å²) in [4.78, 5) is 13.8. The molecule has 8 heteroatoms. The van der Waals surface area contributed by atoms with E-state index in [0.29, 0.717) is 12.3 Å². The van der Waals surface area contributed by atoms with E-state index in [0.717, 1.165) is 58.8 Å². The third-order valence-corrected chi connectivity index (χ3v) is 6.57. The number of nitrogens with one attached hydrogen (secondary N) is 3. The van der Waals surface area contributed by atoms with Gasteiger partial charge in [-0.15, -0.1) is 11.3 Å². The summed E-state index contributed by atoms with van der Waals surface area (Å²) in [7, 11) is 0. The molecular formula is C23H26N6OS. The number of nitrogens with zero attached hydrogens (tertiary/aromatic N) is 3. The molecule has 0 radical (unpaired) electrons. The monoisotopic (exact) mass is 434 g/mol. The number of benzene rings is 1. The molecule has 31 heavy (non-hydrogen) atoms. The minimum absolute atomic E-state index is 0.617. The Bertz CT molecular complexity index is 1060. The molecule has 1 saturated heterocycles. The second kappa shape index (κ2) is 9.13. The van der Waals surface area contributed by atoms with E-state index < -0.39 is 6.23 Å². The molecular weight excluding hydrogens is 408 g/mol. The number of pyridine rings is 1. The van der Waals surface area contributed by atoms with Crippen molar-refractivity contribution in [1.29, 1.82) is 0 Å². The number of hydrogen-bond donors (Lipinski definition) is 4. The fourth-order valence-corrected chi connectivity index (χ4v) is 4.78. The van der Waals surface area contributed by atoms with Crippen molar-refractivity contribution in [2.45, 2.75) is 25.5 Å². The van der Waals surface area contributed by atoms with Gasteiger partial charge in [0.1, 0.15) is 17.2 Å². The second-order valence-electron chi connectivity index (χ2n) is 7.97. The first-order chi connectivity index (χ1) is 15.3. The van der Waals surface area contributed by atoms with Gasteiger partial charge in [-0.25, -0.2) is 9.98 Å². The first-order valence-corrected chi connectivity index (χ1v) is 11.6. The van der Waals surface area contributed by atoms with Crippen LogP contribution in [0.4, 0.5) is 10.8 Å². The van der Waals surface area contributed by atoms with Gasteiger partial charge in [-0.3, -0.25) is 4.98 Å².